The number of benzene rings is 2. The number of fused-ring (bicyclic) bond motifs is 3. The first kappa shape index (κ1) is 27.4. The van der Waals surface area contributed by atoms with Crippen molar-refractivity contribution in [1.82, 2.24) is 14.5 Å². The Hall–Kier alpha value is -3.20. The standard InChI is InChI=1S/C22H26N6.C4H8O.C2H6O/c1-2-3-11-25-21-20-19(26-22(24)27-21)17-9-4-5-10-18(17)28(20)14-16-8-6-7-15(12-16)13-23;1-2-4-5-3-1;1-2-3/h4-10,12H,2-3,11,13-14,23H2,1H3,(H3,24,25,26,27);1-4H2;3H,2H2,1H3. The molecule has 0 saturated carbocycles. The van der Waals surface area contributed by atoms with Crippen LogP contribution in [0.1, 0.15) is 50.7 Å². The van der Waals surface area contributed by atoms with Crippen LogP contribution < -0.4 is 16.8 Å². The Kier molecular flexibility index (Phi) is 10.9. The molecule has 4 aromatic rings. The van der Waals surface area contributed by atoms with Crippen molar-refractivity contribution in [2.24, 2.45) is 5.73 Å². The first-order valence-electron chi connectivity index (χ1n) is 12.9. The van der Waals surface area contributed by atoms with Crippen LogP contribution in [0.5, 0.6) is 0 Å². The van der Waals surface area contributed by atoms with Gasteiger partial charge in [0.15, 0.2) is 5.82 Å². The first-order valence-corrected chi connectivity index (χ1v) is 12.9. The Labute approximate surface area is 213 Å². The minimum atomic E-state index is 0.250. The van der Waals surface area contributed by atoms with Crippen molar-refractivity contribution in [3.63, 3.8) is 0 Å². The number of nitrogens with two attached hydrogens (primary N) is 2. The van der Waals surface area contributed by atoms with Crippen molar-refractivity contribution in [2.75, 3.05) is 37.4 Å². The Morgan fingerprint density at radius 2 is 1.75 bits per heavy atom. The largest absolute Gasteiger partial charge is 0.397 e. The van der Waals surface area contributed by atoms with Gasteiger partial charge in [0.2, 0.25) is 5.95 Å². The summed E-state index contributed by atoms with van der Waals surface area (Å²) < 4.78 is 7.22. The number of ether oxygens (including phenoxy) is 1. The minimum Gasteiger partial charge on any atom is -0.397 e. The van der Waals surface area contributed by atoms with Gasteiger partial charge in [0.05, 0.1) is 5.52 Å². The van der Waals surface area contributed by atoms with E-state index >= 15 is 0 Å². The number of nitrogen functional groups attached to an aromatic ring is 1. The molecule has 3 heterocycles. The van der Waals surface area contributed by atoms with Crippen LogP contribution in [-0.2, 0) is 17.8 Å². The topological polar surface area (TPSA) is 124 Å². The molecule has 1 fully saturated rings. The van der Waals surface area contributed by atoms with Gasteiger partial charge in [-0.25, -0.2) is 4.98 Å². The summed E-state index contributed by atoms with van der Waals surface area (Å²) in [5.41, 5.74) is 17.2. The third kappa shape index (κ3) is 7.16. The van der Waals surface area contributed by atoms with E-state index in [1.807, 2.05) is 6.07 Å². The number of nitrogens with one attached hydrogen (secondary N) is 1. The number of aromatic nitrogens is 3. The highest BCUT2D eigenvalue weighted by atomic mass is 16.5. The third-order valence-corrected chi connectivity index (χ3v) is 5.84. The molecule has 1 saturated heterocycles. The maximum atomic E-state index is 7.57. The SMILES string of the molecule is C1CCOC1.CCCCNc1nc(N)nc2c3ccccc3n(Cc3cccc(CN)c3)c12.CCO. The highest BCUT2D eigenvalue weighted by molar-refractivity contribution is 6.09. The Balaban J connectivity index is 0.000000389. The molecule has 0 atom stereocenters. The first-order chi connectivity index (χ1) is 17.6. The molecule has 1 aliphatic rings. The van der Waals surface area contributed by atoms with E-state index < -0.39 is 0 Å². The maximum Gasteiger partial charge on any atom is 0.222 e. The monoisotopic (exact) mass is 492 g/mol. The fourth-order valence-corrected chi connectivity index (χ4v) is 4.16. The molecular formula is C28H40N6O2. The van der Waals surface area contributed by atoms with E-state index in [2.05, 4.69) is 69.2 Å². The zero-order chi connectivity index (χ0) is 25.8. The zero-order valence-corrected chi connectivity index (χ0v) is 21.5. The zero-order valence-electron chi connectivity index (χ0n) is 21.5. The number of para-hydroxylation sites is 1. The average molecular weight is 493 g/mol. The smallest absolute Gasteiger partial charge is 0.222 e. The summed E-state index contributed by atoms with van der Waals surface area (Å²) >= 11 is 0. The number of nitrogens with zero attached hydrogens (tertiary/aromatic N) is 3. The van der Waals surface area contributed by atoms with E-state index in [0.29, 0.717) is 19.0 Å². The highest BCUT2D eigenvalue weighted by Gasteiger charge is 2.17. The number of aliphatic hydroxyl groups excluding tert-OH is 1. The summed E-state index contributed by atoms with van der Waals surface area (Å²) in [6.07, 6.45) is 4.75. The van der Waals surface area contributed by atoms with E-state index in [1.54, 1.807) is 6.92 Å². The van der Waals surface area contributed by atoms with E-state index in [1.165, 1.54) is 18.4 Å². The molecule has 8 nitrogen and oxygen atoms in total. The maximum absolute atomic E-state index is 7.57. The molecule has 0 radical (unpaired) electrons. The molecule has 2 aromatic carbocycles. The van der Waals surface area contributed by atoms with Crippen LogP contribution in [-0.4, -0.2) is 46.0 Å². The van der Waals surface area contributed by atoms with Crippen LogP contribution in [0.15, 0.2) is 48.5 Å². The average Bonchev–Trinajstić information content (AvgIpc) is 3.57. The molecule has 194 valence electrons. The molecule has 0 amide bonds. The summed E-state index contributed by atoms with van der Waals surface area (Å²) in [4.78, 5) is 9.09. The fourth-order valence-electron chi connectivity index (χ4n) is 4.16. The van der Waals surface area contributed by atoms with Gasteiger partial charge in [-0.3, -0.25) is 0 Å². The second kappa shape index (κ2) is 14.4. The number of hydrogen-bond acceptors (Lipinski definition) is 7. The molecule has 1 aliphatic heterocycles. The molecule has 5 rings (SSSR count). The summed E-state index contributed by atoms with van der Waals surface area (Å²) in [6.45, 7) is 8.21. The number of anilines is 2. The lowest BCUT2D eigenvalue weighted by Crippen LogP contribution is -2.09. The molecule has 0 aliphatic carbocycles. The van der Waals surface area contributed by atoms with E-state index in [9.17, 15) is 0 Å². The fraction of sp³-hybridized carbons (Fsp3) is 0.429. The van der Waals surface area contributed by atoms with Crippen molar-refractivity contribution >= 4 is 33.7 Å². The Morgan fingerprint density at radius 1 is 1.03 bits per heavy atom. The number of hydrogen-bond donors (Lipinski definition) is 4. The summed E-state index contributed by atoms with van der Waals surface area (Å²) in [7, 11) is 0. The van der Waals surface area contributed by atoms with E-state index in [4.69, 9.17) is 21.3 Å². The van der Waals surface area contributed by atoms with Gasteiger partial charge in [0.25, 0.3) is 0 Å². The number of rotatable bonds is 7. The lowest BCUT2D eigenvalue weighted by molar-refractivity contribution is 0.198. The summed E-state index contributed by atoms with van der Waals surface area (Å²) in [5.74, 6) is 1.08. The quantitative estimate of drug-likeness (QED) is 0.276. The molecule has 6 N–H and O–H groups in total. The molecule has 2 aromatic heterocycles. The van der Waals surface area contributed by atoms with Gasteiger partial charge in [-0.15, -0.1) is 0 Å². The second-order valence-corrected chi connectivity index (χ2v) is 8.67. The van der Waals surface area contributed by atoms with Crippen molar-refractivity contribution in [3.05, 3.63) is 59.7 Å². The van der Waals surface area contributed by atoms with Crippen molar-refractivity contribution in [3.8, 4) is 0 Å². The van der Waals surface area contributed by atoms with Gasteiger partial charge in [0.1, 0.15) is 11.0 Å². The van der Waals surface area contributed by atoms with Crippen LogP contribution in [0, 0.1) is 0 Å². The van der Waals surface area contributed by atoms with Gasteiger partial charge in [-0.05, 0) is 43.4 Å². The van der Waals surface area contributed by atoms with Gasteiger partial charge in [0, 0.05) is 44.8 Å². The van der Waals surface area contributed by atoms with Crippen molar-refractivity contribution < 1.29 is 9.84 Å². The van der Waals surface area contributed by atoms with Crippen molar-refractivity contribution in [1.29, 1.82) is 0 Å². The third-order valence-electron chi connectivity index (χ3n) is 5.84. The van der Waals surface area contributed by atoms with Crippen LogP contribution in [0.4, 0.5) is 11.8 Å². The highest BCUT2D eigenvalue weighted by Crippen LogP contribution is 2.33. The molecular weight excluding hydrogens is 452 g/mol. The molecule has 8 heteroatoms. The van der Waals surface area contributed by atoms with E-state index in [-0.39, 0.29) is 6.61 Å². The lowest BCUT2D eigenvalue weighted by Gasteiger charge is -2.12. The van der Waals surface area contributed by atoms with Gasteiger partial charge in [-0.1, -0.05) is 55.8 Å². The Morgan fingerprint density at radius 3 is 2.42 bits per heavy atom. The van der Waals surface area contributed by atoms with Gasteiger partial charge < -0.3 is 31.2 Å². The van der Waals surface area contributed by atoms with Gasteiger partial charge >= 0.3 is 0 Å². The normalized spacial score (nSPS) is 12.7. The minimum absolute atomic E-state index is 0.250. The lowest BCUT2D eigenvalue weighted by atomic mass is 10.1. The van der Waals surface area contributed by atoms with E-state index in [0.717, 1.165) is 65.9 Å². The number of unbranched alkanes of at least 4 members (excludes halogenated alkanes) is 1. The van der Waals surface area contributed by atoms with Crippen LogP contribution >= 0.6 is 0 Å². The summed E-state index contributed by atoms with van der Waals surface area (Å²) in [6, 6.07) is 16.7. The van der Waals surface area contributed by atoms with Crippen LogP contribution in [0.3, 0.4) is 0 Å². The van der Waals surface area contributed by atoms with Gasteiger partial charge in [-0.2, -0.15) is 4.98 Å². The predicted molar refractivity (Wildman–Crippen MR) is 149 cm³/mol. The second-order valence-electron chi connectivity index (χ2n) is 8.67. The number of aliphatic hydroxyl groups is 1. The van der Waals surface area contributed by atoms with Crippen LogP contribution in [0.25, 0.3) is 21.9 Å². The summed E-state index contributed by atoms with van der Waals surface area (Å²) in [5, 5.41) is 12.1. The van der Waals surface area contributed by atoms with Crippen molar-refractivity contribution in [2.45, 2.75) is 52.6 Å². The molecule has 0 spiro atoms. The predicted octanol–water partition coefficient (Wildman–Crippen LogP) is 4.68. The molecule has 0 unspecified atom stereocenters. The molecule has 36 heavy (non-hydrogen) atoms. The Bertz CT molecular complexity index is 1210. The van der Waals surface area contributed by atoms with Crippen LogP contribution in [0.2, 0.25) is 0 Å². The molecule has 0 bridgehead atoms.